The summed E-state index contributed by atoms with van der Waals surface area (Å²) < 4.78 is 0. The molecule has 1 N–H and O–H groups in total. The van der Waals surface area contributed by atoms with Gasteiger partial charge in [0.05, 0.1) is 11.6 Å². The van der Waals surface area contributed by atoms with E-state index in [9.17, 15) is 4.79 Å². The van der Waals surface area contributed by atoms with Crippen LogP contribution in [0.1, 0.15) is 25.3 Å². The van der Waals surface area contributed by atoms with E-state index >= 15 is 0 Å². The van der Waals surface area contributed by atoms with Crippen molar-refractivity contribution in [2.45, 2.75) is 25.8 Å². The maximum absolute atomic E-state index is 12.4. The minimum absolute atomic E-state index is 0.0813. The van der Waals surface area contributed by atoms with E-state index in [1.165, 1.54) is 0 Å². The summed E-state index contributed by atoms with van der Waals surface area (Å²) in [6.45, 7) is 4.75. The molecule has 0 bridgehead atoms. The lowest BCUT2D eigenvalue weighted by Crippen LogP contribution is -2.48. The van der Waals surface area contributed by atoms with Gasteiger partial charge >= 0.3 is 6.03 Å². The van der Waals surface area contributed by atoms with Crippen molar-refractivity contribution in [3.05, 3.63) is 29.8 Å². The van der Waals surface area contributed by atoms with E-state index in [2.05, 4.69) is 23.3 Å². The van der Waals surface area contributed by atoms with Gasteiger partial charge in [-0.15, -0.1) is 0 Å². The second-order valence-corrected chi connectivity index (χ2v) is 5.44. The molecule has 0 radical (unpaired) electrons. The van der Waals surface area contributed by atoms with Crippen LogP contribution >= 0.6 is 0 Å². The van der Waals surface area contributed by atoms with Gasteiger partial charge in [0.15, 0.2) is 0 Å². The zero-order chi connectivity index (χ0) is 15.2. The van der Waals surface area contributed by atoms with Crippen LogP contribution in [0.2, 0.25) is 0 Å². The van der Waals surface area contributed by atoms with Gasteiger partial charge in [0.25, 0.3) is 0 Å². The molecule has 1 fully saturated rings. The number of rotatable bonds is 3. The first-order valence-corrected chi connectivity index (χ1v) is 7.40. The quantitative estimate of drug-likeness (QED) is 0.928. The van der Waals surface area contributed by atoms with Crippen molar-refractivity contribution in [3.63, 3.8) is 0 Å². The molecule has 0 spiro atoms. The number of nitriles is 1. The Hall–Kier alpha value is -2.06. The predicted molar refractivity (Wildman–Crippen MR) is 83.1 cm³/mol. The van der Waals surface area contributed by atoms with Crippen LogP contribution in [-0.2, 0) is 0 Å². The fourth-order valence-electron chi connectivity index (χ4n) is 2.74. The molecule has 0 aromatic heterocycles. The fourth-order valence-corrected chi connectivity index (χ4v) is 2.74. The number of hydrogen-bond acceptors (Lipinski definition) is 3. The second-order valence-electron chi connectivity index (χ2n) is 5.44. The number of carbonyl (C=O) groups is 1. The van der Waals surface area contributed by atoms with Crippen molar-refractivity contribution < 1.29 is 4.79 Å². The van der Waals surface area contributed by atoms with Crippen molar-refractivity contribution in [2.75, 3.05) is 32.0 Å². The van der Waals surface area contributed by atoms with Crippen LogP contribution < -0.4 is 5.32 Å². The molecule has 0 atom stereocenters. The Morgan fingerprint density at radius 3 is 2.81 bits per heavy atom. The molecule has 1 aliphatic heterocycles. The molecule has 1 aromatic carbocycles. The second kappa shape index (κ2) is 7.09. The van der Waals surface area contributed by atoms with Gasteiger partial charge in [-0.1, -0.05) is 6.07 Å². The van der Waals surface area contributed by atoms with Crippen molar-refractivity contribution in [2.24, 2.45) is 0 Å². The van der Waals surface area contributed by atoms with Gasteiger partial charge in [0.1, 0.15) is 0 Å². The molecule has 112 valence electrons. The van der Waals surface area contributed by atoms with Gasteiger partial charge in [-0.3, -0.25) is 0 Å². The van der Waals surface area contributed by atoms with E-state index < -0.39 is 0 Å². The molecular weight excluding hydrogens is 264 g/mol. The van der Waals surface area contributed by atoms with Gasteiger partial charge in [-0.25, -0.2) is 4.79 Å². The van der Waals surface area contributed by atoms with Gasteiger partial charge in [-0.05, 0) is 58.1 Å². The molecular formula is C16H22N4O. The van der Waals surface area contributed by atoms with Crippen LogP contribution in [0.4, 0.5) is 10.5 Å². The Morgan fingerprint density at radius 1 is 1.48 bits per heavy atom. The molecule has 1 heterocycles. The first kappa shape index (κ1) is 15.3. The number of nitrogens with zero attached hydrogens (tertiary/aromatic N) is 3. The molecule has 0 saturated carbocycles. The van der Waals surface area contributed by atoms with Crippen molar-refractivity contribution in [3.8, 4) is 6.07 Å². The van der Waals surface area contributed by atoms with Crippen LogP contribution in [0.25, 0.3) is 0 Å². The third-order valence-electron chi connectivity index (χ3n) is 3.97. The average molecular weight is 286 g/mol. The lowest BCUT2D eigenvalue weighted by Gasteiger charge is -2.36. The van der Waals surface area contributed by atoms with Gasteiger partial charge in [0.2, 0.25) is 0 Å². The van der Waals surface area contributed by atoms with Gasteiger partial charge in [-0.2, -0.15) is 5.26 Å². The van der Waals surface area contributed by atoms with Gasteiger partial charge < -0.3 is 15.1 Å². The molecule has 2 amide bonds. The monoisotopic (exact) mass is 286 g/mol. The zero-order valence-electron chi connectivity index (χ0n) is 12.7. The number of hydrogen-bond donors (Lipinski definition) is 1. The molecule has 0 aliphatic carbocycles. The highest BCUT2D eigenvalue weighted by atomic mass is 16.2. The average Bonchev–Trinajstić information content (AvgIpc) is 2.50. The standard InChI is InChI=1S/C16H22N4O/c1-3-20(15-7-9-19(2)10-8-15)16(21)18-14-6-4-5-13(11-14)12-17/h4-6,11,15H,3,7-10H2,1-2H3,(H,18,21). The summed E-state index contributed by atoms with van der Waals surface area (Å²) in [5.74, 6) is 0. The van der Waals surface area contributed by atoms with Crippen LogP contribution in [-0.4, -0.2) is 48.6 Å². The lowest BCUT2D eigenvalue weighted by molar-refractivity contribution is 0.143. The zero-order valence-corrected chi connectivity index (χ0v) is 12.7. The number of likely N-dealkylation sites (tertiary alicyclic amines) is 1. The number of piperidine rings is 1. The Balaban J connectivity index is 2.01. The highest BCUT2D eigenvalue weighted by Gasteiger charge is 2.25. The van der Waals surface area contributed by atoms with E-state index in [0.29, 0.717) is 23.8 Å². The SMILES string of the molecule is CCN(C(=O)Nc1cccc(C#N)c1)C1CCN(C)CC1. The third-order valence-corrected chi connectivity index (χ3v) is 3.97. The maximum Gasteiger partial charge on any atom is 0.322 e. The van der Waals surface area contributed by atoms with Crippen molar-refractivity contribution >= 4 is 11.7 Å². The fraction of sp³-hybridized carbons (Fsp3) is 0.500. The van der Waals surface area contributed by atoms with Crippen LogP contribution in [0.15, 0.2) is 24.3 Å². The minimum atomic E-state index is -0.0813. The summed E-state index contributed by atoms with van der Waals surface area (Å²) in [4.78, 5) is 16.6. The van der Waals surface area contributed by atoms with Gasteiger partial charge in [0, 0.05) is 18.3 Å². The first-order chi connectivity index (χ1) is 10.1. The number of amides is 2. The molecule has 1 aromatic rings. The third kappa shape index (κ3) is 3.96. The molecule has 1 saturated heterocycles. The largest absolute Gasteiger partial charge is 0.322 e. The number of carbonyl (C=O) groups excluding carboxylic acids is 1. The maximum atomic E-state index is 12.4. The minimum Gasteiger partial charge on any atom is -0.322 e. The summed E-state index contributed by atoms with van der Waals surface area (Å²) in [7, 11) is 2.11. The highest BCUT2D eigenvalue weighted by molar-refractivity contribution is 5.89. The topological polar surface area (TPSA) is 59.4 Å². The summed E-state index contributed by atoms with van der Waals surface area (Å²) in [5.41, 5.74) is 1.22. The molecule has 5 nitrogen and oxygen atoms in total. The number of anilines is 1. The Morgan fingerprint density at radius 2 is 2.19 bits per heavy atom. The first-order valence-electron chi connectivity index (χ1n) is 7.40. The summed E-state index contributed by atoms with van der Waals surface area (Å²) in [6, 6.07) is 9.30. The van der Waals surface area contributed by atoms with Crippen LogP contribution in [0, 0.1) is 11.3 Å². The molecule has 2 rings (SSSR count). The summed E-state index contributed by atoms with van der Waals surface area (Å²) in [5, 5.41) is 11.8. The van der Waals surface area contributed by atoms with Crippen molar-refractivity contribution in [1.82, 2.24) is 9.80 Å². The van der Waals surface area contributed by atoms with E-state index in [1.807, 2.05) is 11.8 Å². The van der Waals surface area contributed by atoms with E-state index in [1.54, 1.807) is 24.3 Å². The predicted octanol–water partition coefficient (Wildman–Crippen LogP) is 2.51. The summed E-state index contributed by atoms with van der Waals surface area (Å²) in [6.07, 6.45) is 2.02. The van der Waals surface area contributed by atoms with Crippen LogP contribution in [0.3, 0.4) is 0 Å². The van der Waals surface area contributed by atoms with Crippen molar-refractivity contribution in [1.29, 1.82) is 5.26 Å². The molecule has 5 heteroatoms. The molecule has 21 heavy (non-hydrogen) atoms. The van der Waals surface area contributed by atoms with Crippen LogP contribution in [0.5, 0.6) is 0 Å². The molecule has 1 aliphatic rings. The van der Waals surface area contributed by atoms with E-state index in [-0.39, 0.29) is 6.03 Å². The normalized spacial score (nSPS) is 16.2. The lowest BCUT2D eigenvalue weighted by atomic mass is 10.0. The number of benzene rings is 1. The van der Waals surface area contributed by atoms with E-state index in [0.717, 1.165) is 25.9 Å². The Bertz CT molecular complexity index is 529. The Labute approximate surface area is 126 Å². The summed E-state index contributed by atoms with van der Waals surface area (Å²) >= 11 is 0. The molecule has 0 unspecified atom stereocenters. The smallest absolute Gasteiger partial charge is 0.322 e. The number of nitrogens with one attached hydrogen (secondary N) is 1. The van der Waals surface area contributed by atoms with E-state index in [4.69, 9.17) is 5.26 Å². The Kier molecular flexibility index (Phi) is 5.18. The highest BCUT2D eigenvalue weighted by Crippen LogP contribution is 2.17. The number of urea groups is 1.